The van der Waals surface area contributed by atoms with E-state index >= 15 is 0 Å². The van der Waals surface area contributed by atoms with Crippen molar-refractivity contribution in [3.63, 3.8) is 0 Å². The zero-order valence-corrected chi connectivity index (χ0v) is 16.5. The molecule has 9 heteroatoms. The lowest BCUT2D eigenvalue weighted by Gasteiger charge is -2.23. The van der Waals surface area contributed by atoms with Gasteiger partial charge in [0.1, 0.15) is 0 Å². The lowest BCUT2D eigenvalue weighted by Crippen LogP contribution is -2.46. The number of piperidine rings is 1. The predicted octanol–water partition coefficient (Wildman–Crippen LogP) is 2.65. The van der Waals surface area contributed by atoms with Crippen LogP contribution < -0.4 is 16.0 Å². The van der Waals surface area contributed by atoms with Crippen molar-refractivity contribution in [1.29, 1.82) is 0 Å². The summed E-state index contributed by atoms with van der Waals surface area (Å²) in [5.41, 5.74) is 1.25. The van der Waals surface area contributed by atoms with Crippen LogP contribution in [-0.2, 0) is 11.2 Å². The Balaban J connectivity index is 0.00000169. The number of amides is 2. The van der Waals surface area contributed by atoms with Gasteiger partial charge in [0.2, 0.25) is 5.91 Å². The lowest BCUT2D eigenvalue weighted by molar-refractivity contribution is -0.121. The Morgan fingerprint density at radius 1 is 1.23 bits per heavy atom. The molecule has 0 bridgehead atoms. The average molecular weight is 417 g/mol. The van der Waals surface area contributed by atoms with Crippen LogP contribution in [0.1, 0.15) is 28.9 Å². The van der Waals surface area contributed by atoms with Gasteiger partial charge in [0.05, 0.1) is 12.1 Å². The van der Waals surface area contributed by atoms with E-state index in [-0.39, 0.29) is 49.1 Å². The van der Waals surface area contributed by atoms with E-state index in [1.54, 1.807) is 17.5 Å². The maximum absolute atomic E-state index is 12.1. The predicted molar refractivity (Wildman–Crippen MR) is 109 cm³/mol. The zero-order valence-electron chi connectivity index (χ0n) is 14.1. The van der Waals surface area contributed by atoms with Crippen LogP contribution in [0.3, 0.4) is 0 Å². The minimum atomic E-state index is -0.200. The number of nitrogens with zero attached hydrogens (tertiary/aromatic N) is 1. The zero-order chi connectivity index (χ0) is 16.8. The van der Waals surface area contributed by atoms with Crippen molar-refractivity contribution < 1.29 is 9.59 Å². The molecule has 1 aromatic carbocycles. The topological polar surface area (TPSA) is 83.1 Å². The van der Waals surface area contributed by atoms with Gasteiger partial charge in [-0.25, -0.2) is 4.98 Å². The number of thiazole rings is 1. The highest BCUT2D eigenvalue weighted by molar-refractivity contribution is 7.14. The van der Waals surface area contributed by atoms with E-state index in [4.69, 9.17) is 0 Å². The van der Waals surface area contributed by atoms with E-state index < -0.39 is 0 Å². The highest BCUT2D eigenvalue weighted by Crippen LogP contribution is 2.17. The Morgan fingerprint density at radius 2 is 2.00 bits per heavy atom. The van der Waals surface area contributed by atoms with Gasteiger partial charge in [-0.2, -0.15) is 0 Å². The summed E-state index contributed by atoms with van der Waals surface area (Å²) in [4.78, 5) is 28.5. The molecule has 2 aromatic rings. The first kappa shape index (κ1) is 22.4. The highest BCUT2D eigenvalue weighted by Gasteiger charge is 2.16. The van der Waals surface area contributed by atoms with E-state index in [1.807, 2.05) is 18.2 Å². The summed E-state index contributed by atoms with van der Waals surface area (Å²) in [6.45, 7) is 1.84. The van der Waals surface area contributed by atoms with Crippen LogP contribution in [0.25, 0.3) is 0 Å². The molecule has 1 fully saturated rings. The number of nitrogens with one attached hydrogen (secondary N) is 3. The summed E-state index contributed by atoms with van der Waals surface area (Å²) in [5, 5.41) is 11.4. The Kier molecular flexibility index (Phi) is 9.58. The van der Waals surface area contributed by atoms with Crippen molar-refractivity contribution in [3.8, 4) is 0 Å². The fourth-order valence-corrected chi connectivity index (χ4v) is 3.33. The van der Waals surface area contributed by atoms with Gasteiger partial charge in [-0.1, -0.05) is 18.2 Å². The van der Waals surface area contributed by atoms with Gasteiger partial charge in [0.25, 0.3) is 5.91 Å². The van der Waals surface area contributed by atoms with Gasteiger partial charge in [-0.3, -0.25) is 14.9 Å². The third kappa shape index (κ3) is 6.57. The highest BCUT2D eigenvalue weighted by atomic mass is 35.5. The van der Waals surface area contributed by atoms with E-state index in [0.29, 0.717) is 16.4 Å². The molecule has 2 amide bonds. The summed E-state index contributed by atoms with van der Waals surface area (Å²) < 4.78 is 0. The van der Waals surface area contributed by atoms with Crippen molar-refractivity contribution in [2.24, 2.45) is 0 Å². The Morgan fingerprint density at radius 3 is 2.69 bits per heavy atom. The molecule has 1 saturated heterocycles. The van der Waals surface area contributed by atoms with Crippen LogP contribution in [0.5, 0.6) is 0 Å². The number of carbonyl (C=O) groups excluding carboxylic acids is 2. The number of benzene rings is 1. The van der Waals surface area contributed by atoms with Crippen molar-refractivity contribution >= 4 is 53.1 Å². The van der Waals surface area contributed by atoms with Crippen molar-refractivity contribution in [2.75, 3.05) is 18.4 Å². The normalized spacial score (nSPS) is 15.9. The quantitative estimate of drug-likeness (QED) is 0.699. The average Bonchev–Trinajstić information content (AvgIpc) is 3.03. The number of hydrogen-bond donors (Lipinski definition) is 3. The van der Waals surface area contributed by atoms with E-state index in [1.165, 1.54) is 11.3 Å². The minimum absolute atomic E-state index is 0. The van der Waals surface area contributed by atoms with Crippen molar-refractivity contribution in [2.45, 2.75) is 25.3 Å². The number of carbonyl (C=O) groups is 2. The lowest BCUT2D eigenvalue weighted by atomic mass is 10.1. The summed E-state index contributed by atoms with van der Waals surface area (Å²) in [7, 11) is 0. The third-order valence-corrected chi connectivity index (χ3v) is 4.62. The van der Waals surface area contributed by atoms with Gasteiger partial charge in [-0.05, 0) is 31.5 Å². The summed E-state index contributed by atoms with van der Waals surface area (Å²) in [5.74, 6) is -0.232. The first-order valence-corrected chi connectivity index (χ1v) is 8.89. The van der Waals surface area contributed by atoms with Crippen molar-refractivity contribution in [1.82, 2.24) is 15.6 Å². The Hall–Kier alpha value is -1.67. The summed E-state index contributed by atoms with van der Waals surface area (Å²) in [6.07, 6.45) is 2.32. The van der Waals surface area contributed by atoms with Crippen molar-refractivity contribution in [3.05, 3.63) is 47.0 Å². The summed E-state index contributed by atoms with van der Waals surface area (Å²) in [6, 6.07) is 9.17. The van der Waals surface area contributed by atoms with Crippen LogP contribution in [0, 0.1) is 0 Å². The maximum atomic E-state index is 12.1. The molecule has 6 nitrogen and oxygen atoms in total. The molecular weight excluding hydrogens is 395 g/mol. The van der Waals surface area contributed by atoms with Crippen LogP contribution in [0.2, 0.25) is 0 Å². The molecule has 1 aliphatic heterocycles. The first-order chi connectivity index (χ1) is 11.7. The molecule has 3 N–H and O–H groups in total. The van der Waals surface area contributed by atoms with Crippen LogP contribution in [-0.4, -0.2) is 35.9 Å². The smallest absolute Gasteiger partial charge is 0.257 e. The molecule has 1 aliphatic rings. The fourth-order valence-electron chi connectivity index (χ4n) is 2.62. The van der Waals surface area contributed by atoms with Gasteiger partial charge < -0.3 is 10.6 Å². The molecular formula is C17H22Cl2N4O2S. The SMILES string of the molecule is Cl.Cl.O=C(Cc1csc(NC(=O)c2ccccc2)n1)N[C@H]1CCCNC1. The summed E-state index contributed by atoms with van der Waals surface area (Å²) >= 11 is 1.33. The van der Waals surface area contributed by atoms with Gasteiger partial charge in [0.15, 0.2) is 5.13 Å². The van der Waals surface area contributed by atoms with E-state index in [0.717, 1.165) is 25.9 Å². The first-order valence-electron chi connectivity index (χ1n) is 8.01. The molecule has 0 spiro atoms. The second-order valence-electron chi connectivity index (χ2n) is 5.75. The Bertz CT molecular complexity index is 706. The minimum Gasteiger partial charge on any atom is -0.352 e. The van der Waals surface area contributed by atoms with E-state index in [9.17, 15) is 9.59 Å². The molecule has 2 heterocycles. The molecule has 142 valence electrons. The molecule has 3 rings (SSSR count). The maximum Gasteiger partial charge on any atom is 0.257 e. The van der Waals surface area contributed by atoms with Crippen LogP contribution >= 0.6 is 36.2 Å². The molecule has 0 aliphatic carbocycles. The number of anilines is 1. The second kappa shape index (κ2) is 11.1. The number of hydrogen-bond acceptors (Lipinski definition) is 5. The van der Waals surface area contributed by atoms with E-state index in [2.05, 4.69) is 20.9 Å². The molecule has 1 atom stereocenters. The standard InChI is InChI=1S/C17H20N4O2S.2ClH/c22-15(19-13-7-4-8-18-10-13)9-14-11-24-17(20-14)21-16(23)12-5-2-1-3-6-12;;/h1-3,5-6,11,13,18H,4,7-10H2,(H,19,22)(H,20,21,23);2*1H/t13-;;/m0../s1. The second-order valence-corrected chi connectivity index (χ2v) is 6.61. The van der Waals surface area contributed by atoms with Crippen LogP contribution in [0.4, 0.5) is 5.13 Å². The largest absolute Gasteiger partial charge is 0.352 e. The molecule has 0 unspecified atom stereocenters. The molecule has 0 saturated carbocycles. The fraction of sp³-hybridized carbons (Fsp3) is 0.353. The number of rotatable bonds is 5. The Labute approximate surface area is 169 Å². The monoisotopic (exact) mass is 416 g/mol. The number of halogens is 2. The number of aromatic nitrogens is 1. The molecule has 1 aromatic heterocycles. The van der Waals surface area contributed by atoms with Gasteiger partial charge >= 0.3 is 0 Å². The van der Waals surface area contributed by atoms with Gasteiger partial charge in [-0.15, -0.1) is 36.2 Å². The van der Waals surface area contributed by atoms with Gasteiger partial charge in [0, 0.05) is 23.5 Å². The third-order valence-electron chi connectivity index (χ3n) is 3.81. The molecule has 26 heavy (non-hydrogen) atoms. The van der Waals surface area contributed by atoms with Crippen LogP contribution in [0.15, 0.2) is 35.7 Å². The molecule has 0 radical (unpaired) electrons.